The summed E-state index contributed by atoms with van der Waals surface area (Å²) in [6.45, 7) is 6.50. The molecule has 0 aliphatic carbocycles. The average molecular weight is 428 g/mol. The highest BCUT2D eigenvalue weighted by Gasteiger charge is 2.15. The number of hydrogen-bond donors (Lipinski definition) is 3. The smallest absolute Gasteiger partial charge is 0.407 e. The summed E-state index contributed by atoms with van der Waals surface area (Å²) < 4.78 is 10.6. The number of rotatable bonds is 11. The minimum absolute atomic E-state index is 0.117. The first-order valence-corrected chi connectivity index (χ1v) is 9.93. The first-order chi connectivity index (χ1) is 13.7. The second-order valence-corrected chi connectivity index (χ2v) is 7.67. The SMILES string of the molecule is CC(C)(C)OC(=O)NCCC(=O)NCCNC(=O)CCCOc1ccccc1Cl. The van der Waals surface area contributed by atoms with Gasteiger partial charge in [0.05, 0.1) is 11.6 Å². The Morgan fingerprint density at radius 2 is 1.55 bits per heavy atom. The lowest BCUT2D eigenvalue weighted by Gasteiger charge is -2.19. The van der Waals surface area contributed by atoms with Crippen LogP contribution in [0.4, 0.5) is 4.79 Å². The lowest BCUT2D eigenvalue weighted by molar-refractivity contribution is -0.123. The maximum Gasteiger partial charge on any atom is 0.407 e. The molecule has 29 heavy (non-hydrogen) atoms. The summed E-state index contributed by atoms with van der Waals surface area (Å²) in [4.78, 5) is 34.9. The zero-order chi connectivity index (χ0) is 21.7. The molecule has 0 bridgehead atoms. The van der Waals surface area contributed by atoms with E-state index in [9.17, 15) is 14.4 Å². The molecule has 0 saturated heterocycles. The molecule has 1 aromatic carbocycles. The Labute approximate surface area is 176 Å². The van der Waals surface area contributed by atoms with Crippen LogP contribution in [0.5, 0.6) is 5.75 Å². The fourth-order valence-corrected chi connectivity index (χ4v) is 2.34. The normalized spacial score (nSPS) is 10.8. The maximum absolute atomic E-state index is 11.8. The lowest BCUT2D eigenvalue weighted by atomic mass is 10.2. The Morgan fingerprint density at radius 1 is 0.931 bits per heavy atom. The highest BCUT2D eigenvalue weighted by Crippen LogP contribution is 2.23. The molecule has 3 N–H and O–H groups in total. The van der Waals surface area contributed by atoms with Crippen molar-refractivity contribution >= 4 is 29.5 Å². The number of hydrogen-bond acceptors (Lipinski definition) is 5. The van der Waals surface area contributed by atoms with E-state index in [0.29, 0.717) is 43.3 Å². The maximum atomic E-state index is 11.8. The summed E-state index contributed by atoms with van der Waals surface area (Å²) in [5.41, 5.74) is -0.578. The van der Waals surface area contributed by atoms with Crippen molar-refractivity contribution in [2.45, 2.75) is 45.6 Å². The number of halogens is 1. The molecule has 0 heterocycles. The van der Waals surface area contributed by atoms with E-state index >= 15 is 0 Å². The number of carbonyl (C=O) groups excluding carboxylic acids is 3. The topological polar surface area (TPSA) is 106 Å². The minimum Gasteiger partial charge on any atom is -0.492 e. The van der Waals surface area contributed by atoms with Crippen LogP contribution in [0.2, 0.25) is 5.02 Å². The van der Waals surface area contributed by atoms with E-state index in [0.717, 1.165) is 0 Å². The van der Waals surface area contributed by atoms with Crippen molar-refractivity contribution in [1.82, 2.24) is 16.0 Å². The van der Waals surface area contributed by atoms with Crippen LogP contribution < -0.4 is 20.7 Å². The number of nitrogens with one attached hydrogen (secondary N) is 3. The summed E-state index contributed by atoms with van der Waals surface area (Å²) >= 11 is 5.98. The van der Waals surface area contributed by atoms with Gasteiger partial charge in [0, 0.05) is 32.5 Å². The molecule has 9 heteroatoms. The Kier molecular flexibility index (Phi) is 10.9. The number of para-hydroxylation sites is 1. The van der Waals surface area contributed by atoms with Crippen LogP contribution in [0.3, 0.4) is 0 Å². The van der Waals surface area contributed by atoms with Gasteiger partial charge in [-0.3, -0.25) is 9.59 Å². The molecule has 0 unspecified atom stereocenters. The summed E-state index contributed by atoms with van der Waals surface area (Å²) in [5.74, 6) is 0.260. The van der Waals surface area contributed by atoms with Crippen LogP contribution in [-0.2, 0) is 14.3 Å². The van der Waals surface area contributed by atoms with E-state index in [-0.39, 0.29) is 24.8 Å². The predicted molar refractivity (Wildman–Crippen MR) is 111 cm³/mol. The van der Waals surface area contributed by atoms with Gasteiger partial charge in [0.15, 0.2) is 0 Å². The number of carbonyl (C=O) groups is 3. The van der Waals surface area contributed by atoms with Crippen molar-refractivity contribution in [3.63, 3.8) is 0 Å². The standard InChI is InChI=1S/C20H30ClN3O5/c1-20(2,3)29-19(27)24-11-10-18(26)23-13-12-22-17(25)9-6-14-28-16-8-5-4-7-15(16)21/h4-5,7-8H,6,9-14H2,1-3H3,(H,22,25)(H,23,26)(H,24,27). The van der Waals surface area contributed by atoms with Crippen LogP contribution in [0.1, 0.15) is 40.0 Å². The summed E-state index contributed by atoms with van der Waals surface area (Å²) in [5, 5.41) is 8.44. The van der Waals surface area contributed by atoms with Gasteiger partial charge in [0.2, 0.25) is 11.8 Å². The van der Waals surface area contributed by atoms with E-state index in [4.69, 9.17) is 21.1 Å². The summed E-state index contributed by atoms with van der Waals surface area (Å²) in [6, 6.07) is 7.16. The molecule has 0 aromatic heterocycles. The minimum atomic E-state index is -0.578. The molecule has 0 aliphatic heterocycles. The van der Waals surface area contributed by atoms with Gasteiger partial charge in [0.1, 0.15) is 11.4 Å². The molecule has 1 rings (SSSR count). The van der Waals surface area contributed by atoms with E-state index in [1.54, 1.807) is 32.9 Å². The van der Waals surface area contributed by atoms with Crippen LogP contribution in [0.25, 0.3) is 0 Å². The Balaban J connectivity index is 2.02. The van der Waals surface area contributed by atoms with Gasteiger partial charge in [-0.15, -0.1) is 0 Å². The molecule has 1 aromatic rings. The summed E-state index contributed by atoms with van der Waals surface area (Å²) in [6.07, 6.45) is 0.445. The summed E-state index contributed by atoms with van der Waals surface area (Å²) in [7, 11) is 0. The van der Waals surface area contributed by atoms with Crippen LogP contribution in [0.15, 0.2) is 24.3 Å². The quantitative estimate of drug-likeness (QED) is 0.471. The van der Waals surface area contributed by atoms with E-state index in [1.807, 2.05) is 12.1 Å². The molecule has 162 valence electrons. The van der Waals surface area contributed by atoms with Gasteiger partial charge in [-0.1, -0.05) is 23.7 Å². The van der Waals surface area contributed by atoms with Crippen molar-refractivity contribution in [3.8, 4) is 5.75 Å². The monoisotopic (exact) mass is 427 g/mol. The first-order valence-electron chi connectivity index (χ1n) is 9.55. The van der Waals surface area contributed by atoms with Crippen molar-refractivity contribution in [3.05, 3.63) is 29.3 Å². The van der Waals surface area contributed by atoms with E-state index in [2.05, 4.69) is 16.0 Å². The number of alkyl carbamates (subject to hydrolysis) is 1. The van der Waals surface area contributed by atoms with Gasteiger partial charge >= 0.3 is 6.09 Å². The fraction of sp³-hybridized carbons (Fsp3) is 0.550. The zero-order valence-corrected chi connectivity index (χ0v) is 17.9. The highest BCUT2D eigenvalue weighted by atomic mass is 35.5. The highest BCUT2D eigenvalue weighted by molar-refractivity contribution is 6.32. The molecule has 0 aliphatic rings. The molecule has 0 atom stereocenters. The second kappa shape index (κ2) is 12.9. The fourth-order valence-electron chi connectivity index (χ4n) is 2.15. The van der Waals surface area contributed by atoms with Gasteiger partial charge in [-0.2, -0.15) is 0 Å². The molecular formula is C20H30ClN3O5. The average Bonchev–Trinajstić information content (AvgIpc) is 2.62. The Bertz CT molecular complexity index is 676. The number of amides is 3. The van der Waals surface area contributed by atoms with Gasteiger partial charge in [0.25, 0.3) is 0 Å². The lowest BCUT2D eigenvalue weighted by Crippen LogP contribution is -2.37. The number of benzene rings is 1. The second-order valence-electron chi connectivity index (χ2n) is 7.26. The third-order valence-electron chi connectivity index (χ3n) is 3.43. The van der Waals surface area contributed by atoms with E-state index < -0.39 is 11.7 Å². The third kappa shape index (κ3) is 12.6. The number of ether oxygens (including phenoxy) is 2. The van der Waals surface area contributed by atoms with Crippen LogP contribution in [0, 0.1) is 0 Å². The molecule has 0 saturated carbocycles. The van der Waals surface area contributed by atoms with Crippen LogP contribution >= 0.6 is 11.6 Å². The molecule has 8 nitrogen and oxygen atoms in total. The van der Waals surface area contributed by atoms with Crippen molar-refractivity contribution < 1.29 is 23.9 Å². The van der Waals surface area contributed by atoms with Crippen molar-refractivity contribution in [2.75, 3.05) is 26.2 Å². The van der Waals surface area contributed by atoms with Crippen LogP contribution in [-0.4, -0.2) is 49.7 Å². The van der Waals surface area contributed by atoms with E-state index in [1.165, 1.54) is 0 Å². The molecule has 0 spiro atoms. The zero-order valence-electron chi connectivity index (χ0n) is 17.2. The Morgan fingerprint density at radius 3 is 2.17 bits per heavy atom. The first kappa shape index (κ1) is 24.6. The van der Waals surface area contributed by atoms with Gasteiger partial charge in [-0.05, 0) is 39.3 Å². The van der Waals surface area contributed by atoms with Crippen molar-refractivity contribution in [1.29, 1.82) is 0 Å². The van der Waals surface area contributed by atoms with Gasteiger partial charge < -0.3 is 25.4 Å². The molecular weight excluding hydrogens is 398 g/mol. The molecule has 3 amide bonds. The van der Waals surface area contributed by atoms with Gasteiger partial charge in [-0.25, -0.2) is 4.79 Å². The molecule has 0 radical (unpaired) electrons. The Hall–Kier alpha value is -2.48. The van der Waals surface area contributed by atoms with Crippen molar-refractivity contribution in [2.24, 2.45) is 0 Å². The largest absolute Gasteiger partial charge is 0.492 e. The predicted octanol–water partition coefficient (Wildman–Crippen LogP) is 2.65. The molecule has 0 fully saturated rings. The third-order valence-corrected chi connectivity index (χ3v) is 3.74.